The molecule has 7 nitrogen and oxygen atoms in total. The van der Waals surface area contributed by atoms with Gasteiger partial charge in [-0.25, -0.2) is 8.98 Å². The summed E-state index contributed by atoms with van der Waals surface area (Å²) in [7, 11) is -5.81. The molecular weight excluding hydrogens is 423 g/mol. The van der Waals surface area contributed by atoms with Crippen molar-refractivity contribution in [3.63, 3.8) is 0 Å². The number of Topliss-reactive ketones (excluding diaryl/α,β-unsaturated/α-hetero) is 1. The van der Waals surface area contributed by atoms with Gasteiger partial charge in [0.05, 0.1) is 7.11 Å². The number of halogens is 9. The Kier molecular flexibility index (Phi) is 6.11. The maximum absolute atomic E-state index is 13.5. The molecule has 0 radical (unpaired) electrons. The summed E-state index contributed by atoms with van der Waals surface area (Å²) in [5, 5.41) is 0. The SMILES string of the molecule is COC(=O)C(C)(OS(=O)(=O)O)C(=O)C(F)(F)C(F)(F)C(F)(F)C(F)(F)F. The Bertz CT molecular complexity index is 684. The van der Waals surface area contributed by atoms with E-state index >= 15 is 0 Å². The average Bonchev–Trinajstić information content (AvgIpc) is 2.41. The fourth-order valence-corrected chi connectivity index (χ4v) is 1.95. The number of esters is 1. The van der Waals surface area contributed by atoms with Crippen LogP contribution in [0.1, 0.15) is 6.92 Å². The number of carbonyl (C=O) groups excluding carboxylic acids is 2. The molecule has 1 unspecified atom stereocenters. The first-order chi connectivity index (χ1) is 11.1. The molecule has 0 fully saturated rings. The first kappa shape index (κ1) is 24.4. The molecule has 26 heavy (non-hydrogen) atoms. The van der Waals surface area contributed by atoms with Crippen LogP contribution in [0.4, 0.5) is 39.5 Å². The van der Waals surface area contributed by atoms with Crippen LogP contribution < -0.4 is 0 Å². The van der Waals surface area contributed by atoms with Crippen molar-refractivity contribution in [3.8, 4) is 0 Å². The Morgan fingerprint density at radius 3 is 1.54 bits per heavy atom. The number of ether oxygens (including phenoxy) is 1. The first-order valence-electron chi connectivity index (χ1n) is 5.61. The Balaban J connectivity index is 6.49. The van der Waals surface area contributed by atoms with Crippen LogP contribution in [0.5, 0.6) is 0 Å². The predicted octanol–water partition coefficient (Wildman–Crippen LogP) is 1.77. The second-order valence-corrected chi connectivity index (χ2v) is 5.61. The number of alkyl halides is 9. The lowest BCUT2D eigenvalue weighted by Crippen LogP contribution is -2.68. The smallest absolute Gasteiger partial charge is 0.460 e. The van der Waals surface area contributed by atoms with Gasteiger partial charge in [-0.2, -0.15) is 47.9 Å². The number of hydrogen-bond acceptors (Lipinski definition) is 6. The van der Waals surface area contributed by atoms with Crippen LogP contribution in [0.2, 0.25) is 0 Å². The van der Waals surface area contributed by atoms with E-state index in [1.165, 1.54) is 0 Å². The van der Waals surface area contributed by atoms with Gasteiger partial charge in [0.2, 0.25) is 5.60 Å². The Morgan fingerprint density at radius 1 is 0.885 bits per heavy atom. The van der Waals surface area contributed by atoms with Gasteiger partial charge in [-0.3, -0.25) is 9.35 Å². The number of carbonyl (C=O) groups is 2. The third-order valence-corrected chi connectivity index (χ3v) is 3.25. The van der Waals surface area contributed by atoms with Crippen LogP contribution in [-0.2, 0) is 28.9 Å². The highest BCUT2D eigenvalue weighted by atomic mass is 32.3. The lowest BCUT2D eigenvalue weighted by molar-refractivity contribution is -0.389. The Labute approximate surface area is 138 Å². The maximum atomic E-state index is 13.5. The molecule has 0 heterocycles. The zero-order valence-electron chi connectivity index (χ0n) is 12.2. The number of hydrogen-bond donors (Lipinski definition) is 1. The molecule has 0 aliphatic rings. The average molecular weight is 430 g/mol. The lowest BCUT2D eigenvalue weighted by atomic mass is 9.90. The van der Waals surface area contributed by atoms with Gasteiger partial charge in [-0.05, 0) is 6.92 Å². The van der Waals surface area contributed by atoms with Crippen molar-refractivity contribution in [1.82, 2.24) is 0 Å². The lowest BCUT2D eigenvalue weighted by Gasteiger charge is -2.35. The van der Waals surface area contributed by atoms with E-state index in [1.807, 2.05) is 0 Å². The minimum absolute atomic E-state index is 0.252. The van der Waals surface area contributed by atoms with Crippen LogP contribution >= 0.6 is 0 Å². The summed E-state index contributed by atoms with van der Waals surface area (Å²) < 4.78 is 151. The van der Waals surface area contributed by atoms with Crippen LogP contribution in [0, 0.1) is 0 Å². The van der Waals surface area contributed by atoms with Crippen molar-refractivity contribution in [3.05, 3.63) is 0 Å². The van der Waals surface area contributed by atoms with Gasteiger partial charge >= 0.3 is 40.3 Å². The van der Waals surface area contributed by atoms with Crippen LogP contribution in [-0.4, -0.2) is 61.4 Å². The normalized spacial score (nSPS) is 16.8. The molecule has 1 N–H and O–H groups in total. The van der Waals surface area contributed by atoms with Crippen LogP contribution in [0.3, 0.4) is 0 Å². The fourth-order valence-electron chi connectivity index (χ4n) is 1.39. The minimum atomic E-state index is -7.49. The number of methoxy groups -OCH3 is 1. The molecule has 0 amide bonds. The van der Waals surface area contributed by atoms with E-state index in [1.54, 1.807) is 0 Å². The van der Waals surface area contributed by atoms with E-state index in [0.717, 1.165) is 0 Å². The van der Waals surface area contributed by atoms with E-state index in [4.69, 9.17) is 4.55 Å². The highest BCUT2D eigenvalue weighted by Gasteiger charge is 2.85. The minimum Gasteiger partial charge on any atom is -0.466 e. The Morgan fingerprint density at radius 2 is 1.27 bits per heavy atom. The van der Waals surface area contributed by atoms with Gasteiger partial charge in [-0.15, -0.1) is 0 Å². The molecule has 0 saturated heterocycles. The quantitative estimate of drug-likeness (QED) is 0.284. The van der Waals surface area contributed by atoms with Gasteiger partial charge < -0.3 is 4.74 Å². The second kappa shape index (κ2) is 6.52. The van der Waals surface area contributed by atoms with Gasteiger partial charge in [0, 0.05) is 0 Å². The van der Waals surface area contributed by atoms with E-state index in [0.29, 0.717) is 0 Å². The molecule has 0 aliphatic heterocycles. The molecule has 0 saturated carbocycles. The summed E-state index contributed by atoms with van der Waals surface area (Å²) in [6, 6.07) is 0. The molecule has 0 aromatic heterocycles. The molecule has 0 spiro atoms. The molecule has 0 aromatic rings. The largest absolute Gasteiger partial charge is 0.466 e. The highest BCUT2D eigenvalue weighted by molar-refractivity contribution is 7.81. The zero-order valence-corrected chi connectivity index (χ0v) is 13.0. The molecule has 0 aliphatic carbocycles. The van der Waals surface area contributed by atoms with Gasteiger partial charge in [0.25, 0.3) is 5.78 Å². The van der Waals surface area contributed by atoms with Crippen molar-refractivity contribution in [1.29, 1.82) is 0 Å². The highest BCUT2D eigenvalue weighted by Crippen LogP contribution is 2.54. The summed E-state index contributed by atoms with van der Waals surface area (Å²) in [6.45, 7) is -0.343. The summed E-state index contributed by atoms with van der Waals surface area (Å²) in [6.07, 6.45) is -7.27. The molecule has 1 atom stereocenters. The summed E-state index contributed by atoms with van der Waals surface area (Å²) in [5.41, 5.74) is -4.43. The Hall–Kier alpha value is -1.62. The standard InChI is InChI=1S/C9H7F9O7S/c1-5(4(20)24-2,25-26(21,22)23)3(19)6(10,11)7(12,13)8(14,15)9(16,17)18/h1-2H3,(H,21,22,23). The van der Waals surface area contributed by atoms with Gasteiger partial charge in [0.1, 0.15) is 0 Å². The van der Waals surface area contributed by atoms with E-state index in [-0.39, 0.29) is 14.0 Å². The molecule has 0 rings (SSSR count). The molecule has 17 heteroatoms. The second-order valence-electron chi connectivity index (χ2n) is 4.59. The van der Waals surface area contributed by atoms with Gasteiger partial charge in [-0.1, -0.05) is 0 Å². The number of rotatable bonds is 7. The summed E-state index contributed by atoms with van der Waals surface area (Å²) in [5.74, 6) is -28.4. The van der Waals surface area contributed by atoms with Crippen molar-refractivity contribution in [2.75, 3.05) is 7.11 Å². The van der Waals surface area contributed by atoms with E-state index in [2.05, 4.69) is 8.92 Å². The van der Waals surface area contributed by atoms with Crippen molar-refractivity contribution in [2.45, 2.75) is 36.5 Å². The first-order valence-corrected chi connectivity index (χ1v) is 6.97. The predicted molar refractivity (Wildman–Crippen MR) is 59.0 cm³/mol. The van der Waals surface area contributed by atoms with Crippen LogP contribution in [0.25, 0.3) is 0 Å². The third-order valence-electron chi connectivity index (χ3n) is 2.71. The summed E-state index contributed by atoms with van der Waals surface area (Å²) in [4.78, 5) is 22.7. The maximum Gasteiger partial charge on any atom is 0.460 e. The summed E-state index contributed by atoms with van der Waals surface area (Å²) >= 11 is 0. The molecule has 0 bridgehead atoms. The van der Waals surface area contributed by atoms with Crippen molar-refractivity contribution < 1.29 is 71.0 Å². The van der Waals surface area contributed by atoms with E-state index < -0.39 is 51.7 Å². The topological polar surface area (TPSA) is 107 Å². The zero-order chi connectivity index (χ0) is 21.6. The number of ketones is 1. The molecular formula is C9H7F9O7S. The van der Waals surface area contributed by atoms with Gasteiger partial charge in [0.15, 0.2) is 0 Å². The monoisotopic (exact) mass is 430 g/mol. The third kappa shape index (κ3) is 3.88. The van der Waals surface area contributed by atoms with E-state index in [9.17, 15) is 57.5 Å². The van der Waals surface area contributed by atoms with Crippen molar-refractivity contribution >= 4 is 22.2 Å². The fraction of sp³-hybridized carbons (Fsp3) is 0.778. The van der Waals surface area contributed by atoms with Crippen molar-refractivity contribution in [2.24, 2.45) is 0 Å². The molecule has 0 aromatic carbocycles. The van der Waals surface area contributed by atoms with Crippen LogP contribution in [0.15, 0.2) is 0 Å². The molecule has 154 valence electrons.